The number of nitrogens with one attached hydrogen (secondary N) is 3. The molecule has 0 radical (unpaired) electrons. The van der Waals surface area contributed by atoms with E-state index in [9.17, 15) is 9.59 Å². The Balaban J connectivity index is 1.57. The van der Waals surface area contributed by atoms with E-state index in [1.165, 1.54) is 0 Å². The molecule has 0 bridgehead atoms. The normalized spacial score (nSPS) is 10.3. The van der Waals surface area contributed by atoms with Crippen LogP contribution in [0, 0.1) is 0 Å². The second-order valence-electron chi connectivity index (χ2n) is 7.95. The molecule has 0 spiro atoms. The van der Waals surface area contributed by atoms with Gasteiger partial charge in [0.15, 0.2) is 5.11 Å². The minimum Gasteiger partial charge on any atom is -0.494 e. The molecule has 0 atom stereocenters. The molecule has 2 amide bonds. The Morgan fingerprint density at radius 2 is 1.44 bits per heavy atom. The lowest BCUT2D eigenvalue weighted by molar-refractivity contribution is 0.0976. The predicted molar refractivity (Wildman–Crippen MR) is 147 cm³/mol. The number of hydrogen-bond acceptors (Lipinski definition) is 5. The fraction of sp³-hybridized carbons (Fsp3) is 0.250. The molecule has 0 fully saturated rings. The average molecular weight is 506 g/mol. The second-order valence-corrected chi connectivity index (χ2v) is 8.35. The highest BCUT2D eigenvalue weighted by Crippen LogP contribution is 2.20. The summed E-state index contributed by atoms with van der Waals surface area (Å²) in [5.74, 6) is 0.774. The molecule has 3 aromatic rings. The molecule has 0 heterocycles. The van der Waals surface area contributed by atoms with Crippen molar-refractivity contribution in [3.63, 3.8) is 0 Å². The maximum Gasteiger partial charge on any atom is 0.257 e. The van der Waals surface area contributed by atoms with Crippen molar-refractivity contribution in [2.45, 2.75) is 33.1 Å². The van der Waals surface area contributed by atoms with Crippen molar-refractivity contribution in [3.8, 4) is 11.5 Å². The van der Waals surface area contributed by atoms with Crippen LogP contribution in [0.2, 0.25) is 0 Å². The third-order valence-electron chi connectivity index (χ3n) is 5.20. The van der Waals surface area contributed by atoms with Crippen LogP contribution in [0.3, 0.4) is 0 Å². The third kappa shape index (κ3) is 8.09. The van der Waals surface area contributed by atoms with E-state index in [2.05, 4.69) is 22.9 Å². The Morgan fingerprint density at radius 1 is 0.778 bits per heavy atom. The fourth-order valence-corrected chi connectivity index (χ4v) is 3.57. The van der Waals surface area contributed by atoms with Crippen LogP contribution in [0.15, 0.2) is 72.8 Å². The molecule has 8 heteroatoms. The van der Waals surface area contributed by atoms with Crippen molar-refractivity contribution in [1.29, 1.82) is 0 Å². The zero-order valence-corrected chi connectivity index (χ0v) is 21.3. The SMILES string of the molecule is CCCCCOc1ccc(C(=O)NC(=S)Nc2ccccc2C(=O)Nc2ccc(OCC)cc2)cc1. The number of thiocarbonyl (C=S) groups is 1. The number of ether oxygens (including phenoxy) is 2. The topological polar surface area (TPSA) is 88.7 Å². The van der Waals surface area contributed by atoms with Gasteiger partial charge in [-0.25, -0.2) is 0 Å². The Morgan fingerprint density at radius 3 is 2.14 bits per heavy atom. The van der Waals surface area contributed by atoms with Gasteiger partial charge in [0, 0.05) is 11.3 Å². The van der Waals surface area contributed by atoms with Gasteiger partial charge in [-0.15, -0.1) is 0 Å². The van der Waals surface area contributed by atoms with Crippen LogP contribution in [-0.4, -0.2) is 30.1 Å². The fourth-order valence-electron chi connectivity index (χ4n) is 3.36. The number of unbranched alkanes of at least 4 members (excludes halogenated alkanes) is 2. The molecular formula is C28H31N3O4S. The Bertz CT molecular complexity index is 1160. The van der Waals surface area contributed by atoms with Crippen molar-refractivity contribution < 1.29 is 19.1 Å². The summed E-state index contributed by atoms with van der Waals surface area (Å²) in [6, 6.07) is 20.9. The minimum atomic E-state index is -0.360. The van der Waals surface area contributed by atoms with Crippen LogP contribution in [0.4, 0.5) is 11.4 Å². The maximum atomic E-state index is 12.9. The first-order valence-corrected chi connectivity index (χ1v) is 12.4. The van der Waals surface area contributed by atoms with Crippen LogP contribution >= 0.6 is 12.2 Å². The summed E-state index contributed by atoms with van der Waals surface area (Å²) in [5.41, 5.74) is 1.93. The largest absolute Gasteiger partial charge is 0.494 e. The number of hydrogen-bond donors (Lipinski definition) is 3. The van der Waals surface area contributed by atoms with Crippen molar-refractivity contribution >= 4 is 40.5 Å². The molecule has 188 valence electrons. The summed E-state index contributed by atoms with van der Waals surface area (Å²) in [7, 11) is 0. The van der Waals surface area contributed by atoms with Crippen LogP contribution in [0.1, 0.15) is 53.8 Å². The van der Waals surface area contributed by atoms with Crippen LogP contribution < -0.4 is 25.4 Å². The van der Waals surface area contributed by atoms with Crippen LogP contribution in [-0.2, 0) is 0 Å². The van der Waals surface area contributed by atoms with E-state index in [1.54, 1.807) is 72.8 Å². The molecule has 3 aromatic carbocycles. The van der Waals surface area contributed by atoms with E-state index in [0.29, 0.717) is 35.7 Å². The van der Waals surface area contributed by atoms with Gasteiger partial charge in [0.2, 0.25) is 0 Å². The molecule has 0 aromatic heterocycles. The molecule has 0 saturated carbocycles. The van der Waals surface area contributed by atoms with Gasteiger partial charge in [-0.2, -0.15) is 0 Å². The number of carbonyl (C=O) groups is 2. The summed E-state index contributed by atoms with van der Waals surface area (Å²) >= 11 is 5.32. The Hall–Kier alpha value is -3.91. The lowest BCUT2D eigenvalue weighted by Crippen LogP contribution is -2.34. The van der Waals surface area contributed by atoms with Gasteiger partial charge in [0.05, 0.1) is 24.5 Å². The van der Waals surface area contributed by atoms with Gasteiger partial charge in [0.25, 0.3) is 11.8 Å². The number of rotatable bonds is 11. The standard InChI is InChI=1S/C28H31N3O4S/c1-3-5-8-19-35-23-15-11-20(12-16-23)26(32)31-28(36)30-25-10-7-6-9-24(25)27(33)29-21-13-17-22(18-14-21)34-4-2/h6-7,9-18H,3-5,8,19H2,1-2H3,(H,29,33)(H2,30,31,32,36). The highest BCUT2D eigenvalue weighted by atomic mass is 32.1. The Labute approximate surface area is 217 Å². The van der Waals surface area contributed by atoms with Crippen LogP contribution in [0.25, 0.3) is 0 Å². The van der Waals surface area contributed by atoms with E-state index in [-0.39, 0.29) is 16.9 Å². The first kappa shape index (κ1) is 26.7. The van der Waals surface area contributed by atoms with Crippen molar-refractivity contribution in [3.05, 3.63) is 83.9 Å². The highest BCUT2D eigenvalue weighted by Gasteiger charge is 2.14. The smallest absolute Gasteiger partial charge is 0.257 e. The van der Waals surface area contributed by atoms with Gasteiger partial charge >= 0.3 is 0 Å². The van der Waals surface area contributed by atoms with Gasteiger partial charge < -0.3 is 20.1 Å². The lowest BCUT2D eigenvalue weighted by Gasteiger charge is -2.14. The third-order valence-corrected chi connectivity index (χ3v) is 5.41. The molecule has 3 N–H and O–H groups in total. The average Bonchev–Trinajstić information content (AvgIpc) is 2.88. The van der Waals surface area contributed by atoms with Gasteiger partial charge in [0.1, 0.15) is 11.5 Å². The molecule has 0 unspecified atom stereocenters. The molecule has 3 rings (SSSR count). The number of para-hydroxylation sites is 1. The van der Waals surface area contributed by atoms with E-state index in [1.807, 2.05) is 6.92 Å². The number of anilines is 2. The first-order chi connectivity index (χ1) is 17.5. The first-order valence-electron chi connectivity index (χ1n) is 12.0. The second kappa shape index (κ2) is 13.8. The number of amides is 2. The lowest BCUT2D eigenvalue weighted by atomic mass is 10.1. The van der Waals surface area contributed by atoms with Crippen molar-refractivity contribution in [2.75, 3.05) is 23.8 Å². The quantitative estimate of drug-likeness (QED) is 0.218. The van der Waals surface area contributed by atoms with E-state index in [0.717, 1.165) is 30.8 Å². The zero-order chi connectivity index (χ0) is 25.8. The highest BCUT2D eigenvalue weighted by molar-refractivity contribution is 7.80. The molecule has 0 aliphatic heterocycles. The summed E-state index contributed by atoms with van der Waals surface area (Å²) < 4.78 is 11.1. The van der Waals surface area contributed by atoms with E-state index in [4.69, 9.17) is 21.7 Å². The van der Waals surface area contributed by atoms with Gasteiger partial charge in [-0.05, 0) is 86.2 Å². The Kier molecular flexibility index (Phi) is 10.3. The summed E-state index contributed by atoms with van der Waals surface area (Å²) in [6.07, 6.45) is 3.25. The van der Waals surface area contributed by atoms with Gasteiger partial charge in [-0.3, -0.25) is 14.9 Å². The monoisotopic (exact) mass is 505 g/mol. The molecule has 7 nitrogen and oxygen atoms in total. The van der Waals surface area contributed by atoms with Crippen molar-refractivity contribution in [2.24, 2.45) is 0 Å². The summed E-state index contributed by atoms with van der Waals surface area (Å²) in [6.45, 7) is 5.27. The van der Waals surface area contributed by atoms with E-state index < -0.39 is 0 Å². The zero-order valence-electron chi connectivity index (χ0n) is 20.5. The van der Waals surface area contributed by atoms with Crippen molar-refractivity contribution in [1.82, 2.24) is 5.32 Å². The molecule has 36 heavy (non-hydrogen) atoms. The van der Waals surface area contributed by atoms with Gasteiger partial charge in [-0.1, -0.05) is 31.9 Å². The van der Waals surface area contributed by atoms with E-state index >= 15 is 0 Å². The molecule has 0 aliphatic rings. The maximum absolute atomic E-state index is 12.9. The summed E-state index contributed by atoms with van der Waals surface area (Å²) in [4.78, 5) is 25.5. The summed E-state index contributed by atoms with van der Waals surface area (Å²) in [5, 5.41) is 8.54. The molecular weight excluding hydrogens is 474 g/mol. The predicted octanol–water partition coefficient (Wildman–Crippen LogP) is 6.03. The molecule has 0 saturated heterocycles. The minimum absolute atomic E-state index is 0.0845. The molecule has 0 aliphatic carbocycles. The number of carbonyl (C=O) groups excluding carboxylic acids is 2. The van der Waals surface area contributed by atoms with Crippen LogP contribution in [0.5, 0.6) is 11.5 Å². The number of benzene rings is 3.